The number of fused-ring (bicyclic) bond motifs is 1. The van der Waals surface area contributed by atoms with Gasteiger partial charge >= 0.3 is 0 Å². The highest BCUT2D eigenvalue weighted by Crippen LogP contribution is 2.30. The highest BCUT2D eigenvalue weighted by Gasteiger charge is 2.35. The fraction of sp³-hybridized carbons (Fsp3) is 0.286. The Bertz CT molecular complexity index is 889. The third-order valence-corrected chi connectivity index (χ3v) is 5.14. The summed E-state index contributed by atoms with van der Waals surface area (Å²) >= 11 is 6.26. The van der Waals surface area contributed by atoms with Crippen molar-refractivity contribution in [3.8, 4) is 0 Å². The third kappa shape index (κ3) is 3.60. The van der Waals surface area contributed by atoms with Crippen molar-refractivity contribution in [2.45, 2.75) is 33.1 Å². The second-order valence-electron chi connectivity index (χ2n) is 6.37. The van der Waals surface area contributed by atoms with E-state index >= 15 is 0 Å². The molecule has 0 unspecified atom stereocenters. The lowest BCUT2D eigenvalue weighted by Gasteiger charge is -2.17. The minimum atomic E-state index is -0.352. The molecule has 0 atom stereocenters. The number of carbonyl (C=O) groups excluding carboxylic acids is 3. The molecule has 2 aromatic rings. The van der Waals surface area contributed by atoms with E-state index in [0.717, 1.165) is 28.1 Å². The molecule has 5 nitrogen and oxygen atoms in total. The van der Waals surface area contributed by atoms with Gasteiger partial charge in [-0.1, -0.05) is 43.6 Å². The summed E-state index contributed by atoms with van der Waals surface area (Å²) in [5.74, 6) is -0.956. The monoisotopic (exact) mass is 384 g/mol. The van der Waals surface area contributed by atoms with Crippen LogP contribution in [0.3, 0.4) is 0 Å². The molecule has 1 aliphatic heterocycles. The number of benzene rings is 2. The maximum atomic E-state index is 12.5. The zero-order valence-corrected chi connectivity index (χ0v) is 16.1. The molecule has 0 aliphatic carbocycles. The van der Waals surface area contributed by atoms with Crippen LogP contribution in [0.2, 0.25) is 5.02 Å². The number of aryl methyl sites for hydroxylation is 1. The summed E-state index contributed by atoms with van der Waals surface area (Å²) in [7, 11) is 0. The van der Waals surface area contributed by atoms with Gasteiger partial charge in [-0.3, -0.25) is 19.3 Å². The summed E-state index contributed by atoms with van der Waals surface area (Å²) in [6.07, 6.45) is 1.49. The summed E-state index contributed by atoms with van der Waals surface area (Å²) in [6, 6.07) is 10.4. The molecular weight excluding hydrogens is 364 g/mol. The van der Waals surface area contributed by atoms with Crippen LogP contribution in [-0.2, 0) is 17.6 Å². The van der Waals surface area contributed by atoms with Gasteiger partial charge in [0.15, 0.2) is 0 Å². The van der Waals surface area contributed by atoms with Gasteiger partial charge in [0.05, 0.1) is 11.1 Å². The van der Waals surface area contributed by atoms with Crippen molar-refractivity contribution < 1.29 is 14.4 Å². The van der Waals surface area contributed by atoms with Gasteiger partial charge in [0.1, 0.15) is 0 Å². The fourth-order valence-corrected chi connectivity index (χ4v) is 3.62. The SMILES string of the molecule is CCc1ccc(Cl)c(CC)c1NC(=O)CCN1C(=O)c2ccccc2C1=O. The average Bonchev–Trinajstić information content (AvgIpc) is 2.91. The molecule has 1 aliphatic rings. The Morgan fingerprint density at radius 2 is 1.63 bits per heavy atom. The minimum Gasteiger partial charge on any atom is -0.325 e. The van der Waals surface area contributed by atoms with Crippen molar-refractivity contribution >= 4 is 35.0 Å². The van der Waals surface area contributed by atoms with Crippen LogP contribution >= 0.6 is 11.6 Å². The zero-order valence-electron chi connectivity index (χ0n) is 15.3. The molecule has 27 heavy (non-hydrogen) atoms. The average molecular weight is 385 g/mol. The largest absolute Gasteiger partial charge is 0.325 e. The van der Waals surface area contributed by atoms with Gasteiger partial charge in [-0.2, -0.15) is 0 Å². The molecule has 3 rings (SSSR count). The number of halogens is 1. The van der Waals surface area contributed by atoms with Crippen LogP contribution in [0.5, 0.6) is 0 Å². The molecular formula is C21H21ClN2O3. The summed E-state index contributed by atoms with van der Waals surface area (Å²) in [5, 5.41) is 3.54. The third-order valence-electron chi connectivity index (χ3n) is 4.78. The number of imide groups is 1. The molecule has 140 valence electrons. The highest BCUT2D eigenvalue weighted by molar-refractivity contribution is 6.32. The molecule has 6 heteroatoms. The number of anilines is 1. The van der Waals surface area contributed by atoms with Crippen LogP contribution in [0.4, 0.5) is 5.69 Å². The normalized spacial score (nSPS) is 13.1. The van der Waals surface area contributed by atoms with E-state index in [4.69, 9.17) is 11.6 Å². The maximum absolute atomic E-state index is 12.5. The maximum Gasteiger partial charge on any atom is 0.261 e. The van der Waals surface area contributed by atoms with Gasteiger partial charge in [0.25, 0.3) is 11.8 Å². The van der Waals surface area contributed by atoms with Gasteiger partial charge in [-0.15, -0.1) is 0 Å². The molecule has 0 spiro atoms. The molecule has 0 saturated heterocycles. The molecule has 3 amide bonds. The Morgan fingerprint density at radius 1 is 1.00 bits per heavy atom. The van der Waals surface area contributed by atoms with E-state index in [-0.39, 0.29) is 30.7 Å². The predicted molar refractivity (Wildman–Crippen MR) is 105 cm³/mol. The lowest BCUT2D eigenvalue weighted by atomic mass is 10.0. The Labute approximate surface area is 163 Å². The van der Waals surface area contributed by atoms with Gasteiger partial charge in [0.2, 0.25) is 5.91 Å². The highest BCUT2D eigenvalue weighted by atomic mass is 35.5. The van der Waals surface area contributed by atoms with Crippen molar-refractivity contribution in [2.24, 2.45) is 0 Å². The number of hydrogen-bond acceptors (Lipinski definition) is 3. The van der Waals surface area contributed by atoms with Crippen molar-refractivity contribution in [1.82, 2.24) is 4.90 Å². The minimum absolute atomic E-state index is 0.0320. The van der Waals surface area contributed by atoms with Crippen LogP contribution in [0.15, 0.2) is 36.4 Å². The Hall–Kier alpha value is -2.66. The molecule has 1 N–H and O–H groups in total. The van der Waals surface area contributed by atoms with Crippen LogP contribution in [0.1, 0.15) is 52.1 Å². The van der Waals surface area contributed by atoms with Crippen LogP contribution < -0.4 is 5.32 Å². The quantitative estimate of drug-likeness (QED) is 0.763. The van der Waals surface area contributed by atoms with Gasteiger partial charge in [0, 0.05) is 23.7 Å². The molecule has 0 saturated carbocycles. The lowest BCUT2D eigenvalue weighted by molar-refractivity contribution is -0.116. The number of nitrogens with zero attached hydrogens (tertiary/aromatic N) is 1. The molecule has 0 aromatic heterocycles. The molecule has 0 bridgehead atoms. The summed E-state index contributed by atoms with van der Waals surface area (Å²) in [6.45, 7) is 4.04. The van der Waals surface area contributed by atoms with E-state index in [1.165, 1.54) is 0 Å². The Morgan fingerprint density at radius 3 is 2.19 bits per heavy atom. The van der Waals surface area contributed by atoms with Crippen LogP contribution in [-0.4, -0.2) is 29.2 Å². The predicted octanol–water partition coefficient (Wildman–Crippen LogP) is 4.09. The van der Waals surface area contributed by atoms with Crippen molar-refractivity contribution in [2.75, 3.05) is 11.9 Å². The zero-order chi connectivity index (χ0) is 19.6. The summed E-state index contributed by atoms with van der Waals surface area (Å²) < 4.78 is 0. The number of rotatable bonds is 6. The van der Waals surface area contributed by atoms with Gasteiger partial charge < -0.3 is 5.32 Å². The smallest absolute Gasteiger partial charge is 0.261 e. The Balaban J connectivity index is 1.71. The van der Waals surface area contributed by atoms with Crippen LogP contribution in [0, 0.1) is 0 Å². The first-order valence-corrected chi connectivity index (χ1v) is 9.41. The Kier molecular flexibility index (Phi) is 5.61. The second-order valence-corrected chi connectivity index (χ2v) is 6.78. The van der Waals surface area contributed by atoms with E-state index in [1.54, 1.807) is 24.3 Å². The number of amides is 3. The van der Waals surface area contributed by atoms with E-state index in [0.29, 0.717) is 22.6 Å². The number of hydrogen-bond donors (Lipinski definition) is 1. The van der Waals surface area contributed by atoms with E-state index in [1.807, 2.05) is 26.0 Å². The first-order valence-electron chi connectivity index (χ1n) is 9.03. The van der Waals surface area contributed by atoms with Gasteiger partial charge in [-0.25, -0.2) is 0 Å². The van der Waals surface area contributed by atoms with Crippen molar-refractivity contribution in [3.63, 3.8) is 0 Å². The van der Waals surface area contributed by atoms with Crippen molar-refractivity contribution in [3.05, 3.63) is 63.7 Å². The molecule has 2 aromatic carbocycles. The summed E-state index contributed by atoms with van der Waals surface area (Å²) in [5.41, 5.74) is 3.41. The van der Waals surface area contributed by atoms with E-state index in [9.17, 15) is 14.4 Å². The first-order chi connectivity index (χ1) is 13.0. The number of nitrogens with one attached hydrogen (secondary N) is 1. The number of carbonyl (C=O) groups is 3. The van der Waals surface area contributed by atoms with Crippen LogP contribution in [0.25, 0.3) is 0 Å². The van der Waals surface area contributed by atoms with E-state index < -0.39 is 0 Å². The molecule has 0 fully saturated rings. The second kappa shape index (κ2) is 7.92. The van der Waals surface area contributed by atoms with E-state index in [2.05, 4.69) is 5.32 Å². The topological polar surface area (TPSA) is 66.5 Å². The van der Waals surface area contributed by atoms with Crippen molar-refractivity contribution in [1.29, 1.82) is 0 Å². The van der Waals surface area contributed by atoms with Gasteiger partial charge in [-0.05, 0) is 42.2 Å². The molecule has 1 heterocycles. The fourth-order valence-electron chi connectivity index (χ4n) is 3.32. The summed E-state index contributed by atoms with van der Waals surface area (Å²) in [4.78, 5) is 38.4. The standard InChI is InChI=1S/C21H21ClN2O3/c1-3-13-9-10-17(22)14(4-2)19(13)23-18(25)11-12-24-20(26)15-7-5-6-8-16(15)21(24)27/h5-10H,3-4,11-12H2,1-2H3,(H,23,25). The molecule has 0 radical (unpaired) electrons. The first kappa shape index (κ1) is 19.1. The lowest BCUT2D eigenvalue weighted by Crippen LogP contribution is -2.33.